The number of hydrogen-bond donors (Lipinski definition) is 3. The molecule has 0 spiro atoms. The van der Waals surface area contributed by atoms with Crippen LogP contribution in [0.25, 0.3) is 0 Å². The Morgan fingerprint density at radius 2 is 2.40 bits per heavy atom. The summed E-state index contributed by atoms with van der Waals surface area (Å²) in [6.07, 6.45) is 2.64. The van der Waals surface area contributed by atoms with Crippen LogP contribution in [0.1, 0.15) is 42.1 Å². The number of anilines is 1. The molecule has 1 aromatic heterocycles. The normalized spacial score (nSPS) is 14.6. The maximum Gasteiger partial charge on any atom is 0.252 e. The number of rotatable bonds is 4. The fourth-order valence-electron chi connectivity index (χ4n) is 2.35. The Bertz CT molecular complexity index is 600. The molecule has 0 fully saturated rings. The molecule has 1 aromatic rings. The molecule has 1 unspecified atom stereocenters. The Hall–Kier alpha value is -2.29. The fourth-order valence-corrected chi connectivity index (χ4v) is 2.35. The molecule has 3 N–H and O–H groups in total. The zero-order chi connectivity index (χ0) is 14.5. The van der Waals surface area contributed by atoms with Crippen molar-refractivity contribution in [1.82, 2.24) is 10.3 Å². The Morgan fingerprint density at radius 3 is 3.10 bits per heavy atom. The molecule has 1 amide bonds. The second-order valence-electron chi connectivity index (χ2n) is 4.87. The monoisotopic (exact) mass is 274 g/mol. The van der Waals surface area contributed by atoms with Gasteiger partial charge in [-0.1, -0.05) is 6.92 Å². The van der Waals surface area contributed by atoms with Gasteiger partial charge in [-0.05, 0) is 19.3 Å². The number of carbonyl (C=O) groups is 1. The summed E-state index contributed by atoms with van der Waals surface area (Å²) in [6, 6.07) is 3.21. The van der Waals surface area contributed by atoms with Gasteiger partial charge in [0, 0.05) is 24.2 Å². The van der Waals surface area contributed by atoms with E-state index in [9.17, 15) is 9.59 Å². The first kappa shape index (κ1) is 14.1. The zero-order valence-corrected chi connectivity index (χ0v) is 11.5. The smallest absolute Gasteiger partial charge is 0.252 e. The Balaban J connectivity index is 2.28. The van der Waals surface area contributed by atoms with Crippen LogP contribution in [0.3, 0.4) is 0 Å². The van der Waals surface area contributed by atoms with Crippen molar-refractivity contribution in [2.45, 2.75) is 38.6 Å². The number of H-pyrrole nitrogens is 1. The number of fused-ring (bicyclic) bond motifs is 1. The summed E-state index contributed by atoms with van der Waals surface area (Å²) in [5.41, 5.74) is 0.962. The van der Waals surface area contributed by atoms with Gasteiger partial charge in [-0.15, -0.1) is 0 Å². The Morgan fingerprint density at radius 1 is 1.60 bits per heavy atom. The van der Waals surface area contributed by atoms with Gasteiger partial charge in [0.25, 0.3) is 5.91 Å². The maximum absolute atomic E-state index is 12.3. The molecule has 0 bridgehead atoms. The topological polar surface area (TPSA) is 97.8 Å². The molecule has 0 saturated carbocycles. The van der Waals surface area contributed by atoms with E-state index < -0.39 is 0 Å². The second-order valence-corrected chi connectivity index (χ2v) is 4.87. The van der Waals surface area contributed by atoms with Crippen molar-refractivity contribution < 1.29 is 4.79 Å². The number of nitrogens with zero attached hydrogens (tertiary/aromatic N) is 1. The van der Waals surface area contributed by atoms with E-state index in [4.69, 9.17) is 5.26 Å². The van der Waals surface area contributed by atoms with E-state index in [0.29, 0.717) is 17.8 Å². The highest BCUT2D eigenvalue weighted by molar-refractivity contribution is 5.97. The predicted octanol–water partition coefficient (Wildman–Crippen LogP) is 1.16. The molecule has 6 nitrogen and oxygen atoms in total. The maximum atomic E-state index is 12.3. The molecular formula is C14H18N4O2. The summed E-state index contributed by atoms with van der Waals surface area (Å²) < 4.78 is 0. The van der Waals surface area contributed by atoms with E-state index >= 15 is 0 Å². The number of aromatic nitrogens is 1. The zero-order valence-electron chi connectivity index (χ0n) is 11.5. The SMILES string of the molecule is CCC(CC#N)NC(=O)c1cc(=O)[nH]c2c1CCCN2. The molecule has 2 heterocycles. The summed E-state index contributed by atoms with van der Waals surface area (Å²) in [7, 11) is 0. The minimum Gasteiger partial charge on any atom is -0.371 e. The first-order valence-electron chi connectivity index (χ1n) is 6.83. The van der Waals surface area contributed by atoms with Crippen molar-refractivity contribution in [3.63, 3.8) is 0 Å². The lowest BCUT2D eigenvalue weighted by Crippen LogP contribution is -2.36. The third-order valence-corrected chi connectivity index (χ3v) is 3.47. The van der Waals surface area contributed by atoms with Crippen molar-refractivity contribution in [2.24, 2.45) is 0 Å². The van der Waals surface area contributed by atoms with Crippen LogP contribution in [0.15, 0.2) is 10.9 Å². The number of hydrogen-bond acceptors (Lipinski definition) is 4. The van der Waals surface area contributed by atoms with Crippen molar-refractivity contribution in [3.8, 4) is 6.07 Å². The van der Waals surface area contributed by atoms with Crippen molar-refractivity contribution >= 4 is 11.7 Å². The van der Waals surface area contributed by atoms with Crippen molar-refractivity contribution in [3.05, 3.63) is 27.5 Å². The van der Waals surface area contributed by atoms with E-state index in [1.165, 1.54) is 6.07 Å². The summed E-state index contributed by atoms with van der Waals surface area (Å²) in [4.78, 5) is 26.6. The van der Waals surface area contributed by atoms with Gasteiger partial charge >= 0.3 is 0 Å². The van der Waals surface area contributed by atoms with Crippen molar-refractivity contribution in [2.75, 3.05) is 11.9 Å². The van der Waals surface area contributed by atoms with Gasteiger partial charge in [-0.2, -0.15) is 5.26 Å². The molecule has 1 aliphatic rings. The molecule has 1 atom stereocenters. The second kappa shape index (κ2) is 6.24. The third kappa shape index (κ3) is 2.99. The number of aromatic amines is 1. The highest BCUT2D eigenvalue weighted by Crippen LogP contribution is 2.21. The number of nitrogens with one attached hydrogen (secondary N) is 3. The van der Waals surface area contributed by atoms with Crippen LogP contribution in [-0.4, -0.2) is 23.5 Å². The Labute approximate surface area is 117 Å². The molecule has 0 aromatic carbocycles. The lowest BCUT2D eigenvalue weighted by molar-refractivity contribution is 0.0935. The lowest BCUT2D eigenvalue weighted by Gasteiger charge is -2.21. The molecule has 0 saturated heterocycles. The summed E-state index contributed by atoms with van der Waals surface area (Å²) in [5.74, 6) is 0.361. The van der Waals surface area contributed by atoms with E-state index in [-0.39, 0.29) is 23.9 Å². The van der Waals surface area contributed by atoms with Gasteiger partial charge in [0.1, 0.15) is 5.82 Å². The van der Waals surface area contributed by atoms with Gasteiger partial charge < -0.3 is 15.6 Å². The molecule has 106 valence electrons. The predicted molar refractivity (Wildman–Crippen MR) is 75.6 cm³/mol. The van der Waals surface area contributed by atoms with Crippen molar-refractivity contribution in [1.29, 1.82) is 5.26 Å². The molecule has 2 rings (SSSR count). The summed E-state index contributed by atoms with van der Waals surface area (Å²) in [5, 5.41) is 14.6. The van der Waals surface area contributed by atoms with Crippen LogP contribution < -0.4 is 16.2 Å². The Kier molecular flexibility index (Phi) is 4.41. The van der Waals surface area contributed by atoms with Crippen LogP contribution in [0.4, 0.5) is 5.82 Å². The van der Waals surface area contributed by atoms with E-state index in [2.05, 4.69) is 21.7 Å². The lowest BCUT2D eigenvalue weighted by atomic mass is 10.00. The third-order valence-electron chi connectivity index (χ3n) is 3.47. The van der Waals surface area contributed by atoms with Crippen LogP contribution >= 0.6 is 0 Å². The van der Waals surface area contributed by atoms with Crippen LogP contribution in [0.5, 0.6) is 0 Å². The first-order valence-corrected chi connectivity index (χ1v) is 6.83. The standard InChI is InChI=1S/C14H18N4O2/c1-2-9(5-6-15)17-14(20)11-8-12(19)18-13-10(11)4-3-7-16-13/h8-9H,2-5,7H2,1H3,(H,17,20)(H2,16,18,19). The van der Waals surface area contributed by atoms with E-state index in [1.807, 2.05) is 6.92 Å². The number of pyridine rings is 1. The van der Waals surface area contributed by atoms with Crippen LogP contribution in [0.2, 0.25) is 0 Å². The molecule has 0 aliphatic carbocycles. The quantitative estimate of drug-likeness (QED) is 0.767. The van der Waals surface area contributed by atoms with Crippen LogP contribution in [-0.2, 0) is 6.42 Å². The largest absolute Gasteiger partial charge is 0.371 e. The van der Waals surface area contributed by atoms with Gasteiger partial charge in [0.15, 0.2) is 0 Å². The number of amides is 1. The van der Waals surface area contributed by atoms with E-state index in [1.54, 1.807) is 0 Å². The van der Waals surface area contributed by atoms with Gasteiger partial charge in [-0.3, -0.25) is 9.59 Å². The fraction of sp³-hybridized carbons (Fsp3) is 0.500. The number of carbonyl (C=O) groups excluding carboxylic acids is 1. The molecular weight excluding hydrogens is 256 g/mol. The highest BCUT2D eigenvalue weighted by atomic mass is 16.2. The molecule has 6 heteroatoms. The van der Waals surface area contributed by atoms with E-state index in [0.717, 1.165) is 24.9 Å². The van der Waals surface area contributed by atoms with Gasteiger partial charge in [-0.25, -0.2) is 0 Å². The molecule has 20 heavy (non-hydrogen) atoms. The summed E-state index contributed by atoms with van der Waals surface area (Å²) >= 11 is 0. The van der Waals surface area contributed by atoms with Gasteiger partial charge in [0.2, 0.25) is 5.56 Å². The minimum atomic E-state index is -0.295. The average Bonchev–Trinajstić information content (AvgIpc) is 2.45. The molecule has 0 radical (unpaired) electrons. The number of nitriles is 1. The highest BCUT2D eigenvalue weighted by Gasteiger charge is 2.20. The first-order chi connectivity index (χ1) is 9.65. The summed E-state index contributed by atoms with van der Waals surface area (Å²) in [6.45, 7) is 2.71. The average molecular weight is 274 g/mol. The van der Waals surface area contributed by atoms with Gasteiger partial charge in [0.05, 0.1) is 18.1 Å². The minimum absolute atomic E-state index is 0.181. The van der Waals surface area contributed by atoms with Crippen LogP contribution in [0, 0.1) is 11.3 Å². The molecule has 1 aliphatic heterocycles.